The zero-order valence-corrected chi connectivity index (χ0v) is 20.9. The molecule has 2 N–H and O–H groups in total. The van der Waals surface area contributed by atoms with Gasteiger partial charge in [0.15, 0.2) is 11.0 Å². The Morgan fingerprint density at radius 1 is 1.03 bits per heavy atom. The van der Waals surface area contributed by atoms with Crippen LogP contribution in [0.2, 0.25) is 0 Å². The van der Waals surface area contributed by atoms with E-state index in [9.17, 15) is 18.0 Å². The number of thioether (sulfide) groups is 1. The minimum atomic E-state index is -3.35. The Hall–Kier alpha value is -3.18. The third-order valence-corrected chi connectivity index (χ3v) is 6.41. The van der Waals surface area contributed by atoms with Crippen LogP contribution < -0.4 is 10.0 Å². The van der Waals surface area contributed by atoms with Crippen LogP contribution in [-0.4, -0.2) is 46.9 Å². The number of benzene rings is 2. The van der Waals surface area contributed by atoms with E-state index in [4.69, 9.17) is 0 Å². The molecule has 2 aromatic carbocycles. The van der Waals surface area contributed by atoms with E-state index in [0.717, 1.165) is 17.4 Å². The second-order valence-electron chi connectivity index (χ2n) is 7.61. The second-order valence-corrected chi connectivity index (χ2v) is 10.3. The molecule has 0 fully saturated rings. The smallest absolute Gasteiger partial charge is 0.229 e. The Labute approximate surface area is 203 Å². The van der Waals surface area contributed by atoms with Crippen LogP contribution in [0.5, 0.6) is 0 Å². The van der Waals surface area contributed by atoms with Crippen LogP contribution in [-0.2, 0) is 32.6 Å². The lowest BCUT2D eigenvalue weighted by Crippen LogP contribution is -2.11. The Kier molecular flexibility index (Phi) is 8.46. The lowest BCUT2D eigenvalue weighted by molar-refractivity contribution is -0.116. The summed E-state index contributed by atoms with van der Waals surface area (Å²) in [5.74, 6) is 0.839. The summed E-state index contributed by atoms with van der Waals surface area (Å²) in [5.41, 5.74) is 2.77. The Balaban J connectivity index is 1.64. The van der Waals surface area contributed by atoms with E-state index in [1.807, 2.05) is 29.7 Å². The normalized spacial score (nSPS) is 11.3. The third-order valence-electron chi connectivity index (χ3n) is 4.77. The van der Waals surface area contributed by atoms with Gasteiger partial charge in [-0.25, -0.2) is 8.42 Å². The van der Waals surface area contributed by atoms with Crippen molar-refractivity contribution in [3.8, 4) is 11.4 Å². The number of Topliss-reactive ketones (excluding diaryl/α,β-unsaturated/α-hetero) is 1. The summed E-state index contributed by atoms with van der Waals surface area (Å²) in [6, 6.07) is 14.2. The molecule has 0 spiro atoms. The van der Waals surface area contributed by atoms with Gasteiger partial charge in [0.05, 0.1) is 12.0 Å². The molecule has 1 aromatic heterocycles. The fourth-order valence-corrected chi connectivity index (χ4v) is 4.65. The number of nitrogens with one attached hydrogen (secondary N) is 2. The van der Waals surface area contributed by atoms with Gasteiger partial charge in [0, 0.05) is 36.3 Å². The zero-order chi connectivity index (χ0) is 24.7. The molecular formula is C23H27N5O4S2. The summed E-state index contributed by atoms with van der Waals surface area (Å²) in [7, 11) is -3.35. The Bertz CT molecular complexity index is 1270. The number of carbonyl (C=O) groups is 2. The highest BCUT2D eigenvalue weighted by Gasteiger charge is 2.15. The molecule has 0 aliphatic rings. The number of hydrogen-bond acceptors (Lipinski definition) is 7. The SMILES string of the molecule is CCC(=O)Nc1cccc(CC(=O)CSc2nnc(-c3ccc(NS(C)(=O)=O)cc3)n2CC)c1. The standard InChI is InChI=1S/C23H27N5O4S2/c1-4-21(30)24-19-8-6-7-16(13-19)14-20(29)15-33-23-26-25-22(28(23)5-2)17-9-11-18(12-10-17)27-34(3,31)32/h6-13,27H,4-5,14-15H2,1-3H3,(H,24,30). The van der Waals surface area contributed by atoms with Crippen molar-refractivity contribution in [2.45, 2.75) is 38.4 Å². The molecule has 0 radical (unpaired) electrons. The maximum atomic E-state index is 12.6. The predicted molar refractivity (Wildman–Crippen MR) is 134 cm³/mol. The van der Waals surface area contributed by atoms with E-state index in [-0.39, 0.29) is 23.9 Å². The molecule has 0 saturated carbocycles. The number of anilines is 2. The molecule has 0 atom stereocenters. The van der Waals surface area contributed by atoms with Crippen molar-refractivity contribution >= 4 is 44.9 Å². The fraction of sp³-hybridized carbons (Fsp3) is 0.304. The molecular weight excluding hydrogens is 474 g/mol. The van der Waals surface area contributed by atoms with Crippen molar-refractivity contribution in [2.24, 2.45) is 0 Å². The first-order valence-corrected chi connectivity index (χ1v) is 13.6. The van der Waals surface area contributed by atoms with Crippen molar-refractivity contribution in [1.82, 2.24) is 14.8 Å². The average Bonchev–Trinajstić information content (AvgIpc) is 3.20. The van der Waals surface area contributed by atoms with Gasteiger partial charge in [-0.05, 0) is 48.9 Å². The second kappa shape index (κ2) is 11.3. The number of ketones is 1. The molecule has 3 rings (SSSR count). The number of hydrogen-bond donors (Lipinski definition) is 2. The molecule has 0 saturated heterocycles. The molecule has 0 aliphatic heterocycles. The average molecular weight is 502 g/mol. The first-order chi connectivity index (χ1) is 16.2. The quantitative estimate of drug-likeness (QED) is 0.385. The summed E-state index contributed by atoms with van der Waals surface area (Å²) < 4.78 is 27.1. The van der Waals surface area contributed by atoms with Gasteiger partial charge in [-0.1, -0.05) is 30.8 Å². The van der Waals surface area contributed by atoms with E-state index in [2.05, 4.69) is 20.2 Å². The lowest BCUT2D eigenvalue weighted by atomic mass is 10.1. The maximum Gasteiger partial charge on any atom is 0.229 e. The van der Waals surface area contributed by atoms with Gasteiger partial charge in [-0.2, -0.15) is 0 Å². The van der Waals surface area contributed by atoms with Gasteiger partial charge in [0.25, 0.3) is 0 Å². The van der Waals surface area contributed by atoms with Gasteiger partial charge in [-0.15, -0.1) is 10.2 Å². The van der Waals surface area contributed by atoms with Gasteiger partial charge in [0.1, 0.15) is 5.78 Å². The van der Waals surface area contributed by atoms with Gasteiger partial charge in [0.2, 0.25) is 15.9 Å². The number of rotatable bonds is 11. The molecule has 3 aromatic rings. The molecule has 1 heterocycles. The number of nitrogens with zero attached hydrogens (tertiary/aromatic N) is 3. The molecule has 0 aliphatic carbocycles. The topological polar surface area (TPSA) is 123 Å². The highest BCUT2D eigenvalue weighted by Crippen LogP contribution is 2.25. The van der Waals surface area contributed by atoms with E-state index in [1.54, 1.807) is 37.3 Å². The van der Waals surface area contributed by atoms with Crippen LogP contribution in [0.1, 0.15) is 25.8 Å². The van der Waals surface area contributed by atoms with Crippen LogP contribution in [0, 0.1) is 0 Å². The minimum absolute atomic E-state index is 0.0346. The summed E-state index contributed by atoms with van der Waals surface area (Å²) in [4.78, 5) is 24.2. The van der Waals surface area contributed by atoms with Crippen LogP contribution in [0.3, 0.4) is 0 Å². The molecule has 0 unspecified atom stereocenters. The zero-order valence-electron chi connectivity index (χ0n) is 19.2. The number of sulfonamides is 1. The van der Waals surface area contributed by atoms with Crippen molar-refractivity contribution in [3.63, 3.8) is 0 Å². The molecule has 1 amide bonds. The monoisotopic (exact) mass is 501 g/mol. The number of amides is 1. The van der Waals surface area contributed by atoms with E-state index >= 15 is 0 Å². The maximum absolute atomic E-state index is 12.6. The van der Waals surface area contributed by atoms with Gasteiger partial charge >= 0.3 is 0 Å². The first-order valence-electron chi connectivity index (χ1n) is 10.7. The van der Waals surface area contributed by atoms with Crippen LogP contribution in [0.15, 0.2) is 53.7 Å². The third kappa shape index (κ3) is 7.16. The van der Waals surface area contributed by atoms with Crippen LogP contribution >= 0.6 is 11.8 Å². The first kappa shape index (κ1) is 25.4. The molecule has 11 heteroatoms. The van der Waals surface area contributed by atoms with Crippen molar-refractivity contribution in [1.29, 1.82) is 0 Å². The summed E-state index contributed by atoms with van der Waals surface area (Å²) in [6.45, 7) is 4.36. The van der Waals surface area contributed by atoms with Gasteiger partial charge < -0.3 is 9.88 Å². The largest absolute Gasteiger partial charge is 0.326 e. The van der Waals surface area contributed by atoms with E-state index in [1.165, 1.54) is 11.8 Å². The highest BCUT2D eigenvalue weighted by atomic mass is 32.2. The van der Waals surface area contributed by atoms with Crippen LogP contribution in [0.4, 0.5) is 11.4 Å². The lowest BCUT2D eigenvalue weighted by Gasteiger charge is -2.09. The van der Waals surface area contributed by atoms with Crippen LogP contribution in [0.25, 0.3) is 11.4 Å². The van der Waals surface area contributed by atoms with Crippen molar-refractivity contribution in [3.05, 3.63) is 54.1 Å². The Morgan fingerprint density at radius 2 is 1.76 bits per heavy atom. The molecule has 9 nitrogen and oxygen atoms in total. The van der Waals surface area contributed by atoms with E-state index < -0.39 is 10.0 Å². The summed E-state index contributed by atoms with van der Waals surface area (Å²) in [6.07, 6.45) is 1.74. The summed E-state index contributed by atoms with van der Waals surface area (Å²) >= 11 is 1.32. The molecule has 180 valence electrons. The Morgan fingerprint density at radius 3 is 2.41 bits per heavy atom. The number of carbonyl (C=O) groups excluding carboxylic acids is 2. The minimum Gasteiger partial charge on any atom is -0.326 e. The highest BCUT2D eigenvalue weighted by molar-refractivity contribution is 7.99. The van der Waals surface area contributed by atoms with Gasteiger partial charge in [-0.3, -0.25) is 14.3 Å². The van der Waals surface area contributed by atoms with Crippen molar-refractivity contribution in [2.75, 3.05) is 22.0 Å². The predicted octanol–water partition coefficient (Wildman–Crippen LogP) is 3.59. The summed E-state index contributed by atoms with van der Waals surface area (Å²) in [5, 5.41) is 12.0. The van der Waals surface area contributed by atoms with Crippen molar-refractivity contribution < 1.29 is 18.0 Å². The fourth-order valence-electron chi connectivity index (χ4n) is 3.23. The van der Waals surface area contributed by atoms with E-state index in [0.29, 0.717) is 35.3 Å². The molecule has 34 heavy (non-hydrogen) atoms. The number of aromatic nitrogens is 3. The molecule has 0 bridgehead atoms.